The van der Waals surface area contributed by atoms with Gasteiger partial charge in [0.15, 0.2) is 5.65 Å². The van der Waals surface area contributed by atoms with Crippen molar-refractivity contribution in [2.24, 2.45) is 5.73 Å². The summed E-state index contributed by atoms with van der Waals surface area (Å²) in [7, 11) is 1.66. The van der Waals surface area contributed by atoms with E-state index in [0.717, 1.165) is 22.6 Å². The Hall–Kier alpha value is -1.46. The van der Waals surface area contributed by atoms with Gasteiger partial charge in [0, 0.05) is 26.3 Å². The fraction of sp³-hybridized carbons (Fsp3) is 0.455. The molecule has 5 nitrogen and oxygen atoms in total. The summed E-state index contributed by atoms with van der Waals surface area (Å²) in [6.45, 7) is 2.52. The Bertz CT molecular complexity index is 476. The number of nitrogens with zero attached hydrogens (tertiary/aromatic N) is 2. The highest BCUT2D eigenvalue weighted by molar-refractivity contribution is 5.74. The number of ether oxygens (including phenoxy) is 1. The fourth-order valence-corrected chi connectivity index (χ4v) is 1.66. The van der Waals surface area contributed by atoms with E-state index in [1.165, 1.54) is 0 Å². The number of fused-ring (bicyclic) bond motifs is 1. The lowest BCUT2D eigenvalue weighted by atomic mass is 10.2. The van der Waals surface area contributed by atoms with Crippen molar-refractivity contribution in [2.75, 3.05) is 13.7 Å². The number of pyridine rings is 1. The SMILES string of the molecule is COC(CN)Cc1nc2nccc(C)c2[nH]1. The molecule has 1 unspecified atom stereocenters. The first-order valence-corrected chi connectivity index (χ1v) is 5.27. The highest BCUT2D eigenvalue weighted by atomic mass is 16.5. The van der Waals surface area contributed by atoms with Crippen molar-refractivity contribution in [1.29, 1.82) is 0 Å². The summed E-state index contributed by atoms with van der Waals surface area (Å²) in [5.74, 6) is 0.870. The minimum Gasteiger partial charge on any atom is -0.380 e. The Morgan fingerprint density at radius 2 is 2.38 bits per heavy atom. The minimum absolute atomic E-state index is 0.000804. The van der Waals surface area contributed by atoms with Crippen LogP contribution in [0.3, 0.4) is 0 Å². The van der Waals surface area contributed by atoms with E-state index < -0.39 is 0 Å². The molecule has 0 radical (unpaired) electrons. The molecule has 0 aliphatic heterocycles. The number of aromatic nitrogens is 3. The molecule has 2 aromatic heterocycles. The standard InChI is InChI=1S/C11H16N4O/c1-7-3-4-13-11-10(7)14-9(15-11)5-8(6-12)16-2/h3-4,8H,5-6,12H2,1-2H3,(H,13,14,15). The van der Waals surface area contributed by atoms with Crippen LogP contribution in [0.15, 0.2) is 12.3 Å². The smallest absolute Gasteiger partial charge is 0.177 e. The molecule has 0 spiro atoms. The second kappa shape index (κ2) is 4.59. The number of aromatic amines is 1. The van der Waals surface area contributed by atoms with Crippen molar-refractivity contribution in [3.63, 3.8) is 0 Å². The zero-order valence-corrected chi connectivity index (χ0v) is 9.53. The molecule has 0 aliphatic rings. The lowest BCUT2D eigenvalue weighted by Gasteiger charge is -2.09. The number of H-pyrrole nitrogens is 1. The number of aryl methyl sites for hydroxylation is 1. The molecule has 2 heterocycles. The zero-order chi connectivity index (χ0) is 11.5. The zero-order valence-electron chi connectivity index (χ0n) is 9.53. The van der Waals surface area contributed by atoms with Crippen molar-refractivity contribution >= 4 is 11.2 Å². The largest absolute Gasteiger partial charge is 0.380 e. The molecule has 0 bridgehead atoms. The lowest BCUT2D eigenvalue weighted by Crippen LogP contribution is -2.25. The summed E-state index contributed by atoms with van der Waals surface area (Å²) in [5.41, 5.74) is 8.46. The van der Waals surface area contributed by atoms with Crippen LogP contribution in [-0.4, -0.2) is 34.7 Å². The predicted molar refractivity (Wildman–Crippen MR) is 62.2 cm³/mol. The highest BCUT2D eigenvalue weighted by Crippen LogP contribution is 2.13. The first-order chi connectivity index (χ1) is 7.74. The fourth-order valence-electron chi connectivity index (χ4n) is 1.66. The van der Waals surface area contributed by atoms with Gasteiger partial charge in [-0.05, 0) is 18.6 Å². The summed E-state index contributed by atoms with van der Waals surface area (Å²) in [4.78, 5) is 11.9. The quantitative estimate of drug-likeness (QED) is 0.798. The molecule has 0 saturated carbocycles. The molecule has 16 heavy (non-hydrogen) atoms. The number of nitrogens with one attached hydrogen (secondary N) is 1. The van der Waals surface area contributed by atoms with E-state index >= 15 is 0 Å². The van der Waals surface area contributed by atoms with Gasteiger partial charge < -0.3 is 15.5 Å². The number of methoxy groups -OCH3 is 1. The maximum atomic E-state index is 5.57. The molecule has 0 amide bonds. The molecule has 0 fully saturated rings. The third kappa shape index (κ3) is 2.05. The van der Waals surface area contributed by atoms with Crippen molar-refractivity contribution in [3.05, 3.63) is 23.7 Å². The van der Waals surface area contributed by atoms with E-state index in [1.54, 1.807) is 13.3 Å². The van der Waals surface area contributed by atoms with E-state index in [1.807, 2.05) is 13.0 Å². The molecule has 2 rings (SSSR count). The second-order valence-electron chi connectivity index (χ2n) is 3.81. The summed E-state index contributed by atoms with van der Waals surface area (Å²) in [6.07, 6.45) is 2.45. The van der Waals surface area contributed by atoms with Crippen molar-refractivity contribution in [2.45, 2.75) is 19.4 Å². The van der Waals surface area contributed by atoms with Crippen LogP contribution in [0.4, 0.5) is 0 Å². The maximum Gasteiger partial charge on any atom is 0.177 e. The second-order valence-corrected chi connectivity index (χ2v) is 3.81. The Kier molecular flexibility index (Phi) is 3.17. The first-order valence-electron chi connectivity index (χ1n) is 5.27. The van der Waals surface area contributed by atoms with Crippen LogP contribution in [0.25, 0.3) is 11.2 Å². The molecule has 5 heteroatoms. The van der Waals surface area contributed by atoms with Gasteiger partial charge in [0.2, 0.25) is 0 Å². The number of imidazole rings is 1. The van der Waals surface area contributed by atoms with Crippen molar-refractivity contribution in [3.8, 4) is 0 Å². The maximum absolute atomic E-state index is 5.57. The van der Waals surface area contributed by atoms with Crippen LogP contribution < -0.4 is 5.73 Å². The molecular formula is C11H16N4O. The third-order valence-electron chi connectivity index (χ3n) is 2.67. The Labute approximate surface area is 94.0 Å². The van der Waals surface area contributed by atoms with E-state index in [0.29, 0.717) is 13.0 Å². The normalized spacial score (nSPS) is 13.2. The van der Waals surface area contributed by atoms with E-state index in [9.17, 15) is 0 Å². The summed E-state index contributed by atoms with van der Waals surface area (Å²) in [5, 5.41) is 0. The van der Waals surface area contributed by atoms with Crippen molar-refractivity contribution in [1.82, 2.24) is 15.0 Å². The van der Waals surface area contributed by atoms with Crippen LogP contribution in [0.5, 0.6) is 0 Å². The van der Waals surface area contributed by atoms with Gasteiger partial charge in [0.25, 0.3) is 0 Å². The topological polar surface area (TPSA) is 76.8 Å². The molecule has 0 aliphatic carbocycles. The van der Waals surface area contributed by atoms with Crippen LogP contribution in [0.2, 0.25) is 0 Å². The van der Waals surface area contributed by atoms with E-state index in [-0.39, 0.29) is 6.10 Å². The highest BCUT2D eigenvalue weighted by Gasteiger charge is 2.11. The number of nitrogens with two attached hydrogens (primary N) is 1. The summed E-state index contributed by atoms with van der Waals surface area (Å²) < 4.78 is 5.22. The minimum atomic E-state index is 0.000804. The Morgan fingerprint density at radius 1 is 1.56 bits per heavy atom. The van der Waals surface area contributed by atoms with Crippen molar-refractivity contribution < 1.29 is 4.74 Å². The van der Waals surface area contributed by atoms with Gasteiger partial charge in [0.05, 0.1) is 11.6 Å². The van der Waals surface area contributed by atoms with Crippen LogP contribution >= 0.6 is 0 Å². The van der Waals surface area contributed by atoms with Crippen LogP contribution in [-0.2, 0) is 11.2 Å². The van der Waals surface area contributed by atoms with E-state index in [4.69, 9.17) is 10.5 Å². The van der Waals surface area contributed by atoms with Gasteiger partial charge in [-0.15, -0.1) is 0 Å². The van der Waals surface area contributed by atoms with Gasteiger partial charge in [-0.1, -0.05) is 0 Å². The molecule has 0 saturated heterocycles. The average molecular weight is 220 g/mol. The third-order valence-corrected chi connectivity index (χ3v) is 2.67. The first kappa shape index (κ1) is 11.0. The molecule has 0 aromatic carbocycles. The van der Waals surface area contributed by atoms with E-state index in [2.05, 4.69) is 15.0 Å². The average Bonchev–Trinajstić information content (AvgIpc) is 2.70. The molecule has 2 aromatic rings. The Balaban J connectivity index is 2.29. The molecule has 1 atom stereocenters. The van der Waals surface area contributed by atoms with Crippen LogP contribution in [0, 0.1) is 6.92 Å². The molecule has 3 N–H and O–H groups in total. The van der Waals surface area contributed by atoms with Gasteiger partial charge in [-0.25, -0.2) is 9.97 Å². The summed E-state index contributed by atoms with van der Waals surface area (Å²) >= 11 is 0. The van der Waals surface area contributed by atoms with Gasteiger partial charge in [-0.2, -0.15) is 0 Å². The number of hydrogen-bond donors (Lipinski definition) is 2. The van der Waals surface area contributed by atoms with Gasteiger partial charge in [-0.3, -0.25) is 0 Å². The van der Waals surface area contributed by atoms with Crippen LogP contribution in [0.1, 0.15) is 11.4 Å². The number of rotatable bonds is 4. The molecule has 86 valence electrons. The van der Waals surface area contributed by atoms with Gasteiger partial charge >= 0.3 is 0 Å². The lowest BCUT2D eigenvalue weighted by molar-refractivity contribution is 0.108. The van der Waals surface area contributed by atoms with Gasteiger partial charge in [0.1, 0.15) is 5.82 Å². The Morgan fingerprint density at radius 3 is 3.00 bits per heavy atom. The number of hydrogen-bond acceptors (Lipinski definition) is 4. The molecular weight excluding hydrogens is 204 g/mol. The summed E-state index contributed by atoms with van der Waals surface area (Å²) in [6, 6.07) is 1.96. The monoisotopic (exact) mass is 220 g/mol. The predicted octanol–water partition coefficient (Wildman–Crippen LogP) is 0.783.